The van der Waals surface area contributed by atoms with Crippen molar-refractivity contribution in [3.63, 3.8) is 0 Å². The molecule has 11 heteroatoms. The van der Waals surface area contributed by atoms with E-state index in [0.29, 0.717) is 22.4 Å². The van der Waals surface area contributed by atoms with Gasteiger partial charge in [0, 0.05) is 22.7 Å². The largest absolute Gasteiger partial charge is 0.480 e. The van der Waals surface area contributed by atoms with Gasteiger partial charge in [0.05, 0.1) is 17.4 Å². The number of para-hydroxylation sites is 1. The van der Waals surface area contributed by atoms with Crippen molar-refractivity contribution in [1.82, 2.24) is 15.0 Å². The van der Waals surface area contributed by atoms with Crippen LogP contribution in [0.1, 0.15) is 28.4 Å². The molecule has 0 bridgehead atoms. The Bertz CT molecular complexity index is 1680. The molecular weight excluding hydrogens is 545 g/mol. The van der Waals surface area contributed by atoms with Gasteiger partial charge in [0.15, 0.2) is 0 Å². The van der Waals surface area contributed by atoms with Gasteiger partial charge in [0.2, 0.25) is 15.9 Å². The van der Waals surface area contributed by atoms with Gasteiger partial charge in [-0.25, -0.2) is 17.6 Å². The first-order chi connectivity index (χ1) is 18.6. The molecule has 1 aromatic heterocycles. The zero-order valence-corrected chi connectivity index (χ0v) is 21.9. The third-order valence-electron chi connectivity index (χ3n) is 6.51. The van der Waals surface area contributed by atoms with Crippen molar-refractivity contribution >= 4 is 50.5 Å². The van der Waals surface area contributed by atoms with E-state index in [0.717, 1.165) is 23.0 Å². The Morgan fingerprint density at radius 2 is 1.82 bits per heavy atom. The molecule has 39 heavy (non-hydrogen) atoms. The lowest BCUT2D eigenvalue weighted by Gasteiger charge is -2.17. The standard InChI is InChI=1S/C28H23ClFN3O5S/c29-23-11-9-21-20(10-12-25(21)33-39(37,38)19-7-5-17(30)6-8-19)22(23)15-27(34)32-26(28(35)36)14-18-13-16-3-1-2-4-24(16)31-18/h1-13,25-26,31,33H,14-15H2,(H,32,34)(H,35,36)/t25?,26-/m1/s1. The second kappa shape index (κ2) is 10.6. The number of fused-ring (bicyclic) bond motifs is 2. The van der Waals surface area contributed by atoms with E-state index in [2.05, 4.69) is 15.0 Å². The molecular formula is C28H23ClFN3O5S. The molecule has 4 aromatic rings. The molecule has 8 nitrogen and oxygen atoms in total. The van der Waals surface area contributed by atoms with Crippen molar-refractivity contribution in [2.75, 3.05) is 0 Å². The number of rotatable bonds is 9. The van der Waals surface area contributed by atoms with E-state index in [-0.39, 0.29) is 22.8 Å². The molecule has 3 aromatic carbocycles. The smallest absolute Gasteiger partial charge is 0.326 e. The highest BCUT2D eigenvalue weighted by Crippen LogP contribution is 2.35. The summed E-state index contributed by atoms with van der Waals surface area (Å²) in [6.45, 7) is 0. The van der Waals surface area contributed by atoms with Crippen LogP contribution >= 0.6 is 11.6 Å². The number of halogens is 2. The van der Waals surface area contributed by atoms with Crippen LogP contribution in [0, 0.1) is 5.82 Å². The van der Waals surface area contributed by atoms with E-state index in [1.807, 2.05) is 30.3 Å². The lowest BCUT2D eigenvalue weighted by molar-refractivity contribution is -0.141. The van der Waals surface area contributed by atoms with Gasteiger partial charge >= 0.3 is 5.97 Å². The zero-order chi connectivity index (χ0) is 27.7. The molecule has 1 aliphatic rings. The number of benzene rings is 3. The van der Waals surface area contributed by atoms with Crippen LogP contribution in [0.25, 0.3) is 17.0 Å². The van der Waals surface area contributed by atoms with Gasteiger partial charge in [-0.15, -0.1) is 0 Å². The highest BCUT2D eigenvalue weighted by atomic mass is 35.5. The maximum absolute atomic E-state index is 13.2. The van der Waals surface area contributed by atoms with Crippen molar-refractivity contribution in [2.24, 2.45) is 0 Å². The fourth-order valence-corrected chi connectivity index (χ4v) is 6.02. The summed E-state index contributed by atoms with van der Waals surface area (Å²) in [5, 5.41) is 13.5. The lowest BCUT2D eigenvalue weighted by atomic mass is 9.99. The van der Waals surface area contributed by atoms with Crippen molar-refractivity contribution in [1.29, 1.82) is 0 Å². The lowest BCUT2D eigenvalue weighted by Crippen LogP contribution is -2.43. The Hall–Kier alpha value is -3.99. The summed E-state index contributed by atoms with van der Waals surface area (Å²) >= 11 is 6.41. The van der Waals surface area contributed by atoms with E-state index >= 15 is 0 Å². The van der Waals surface area contributed by atoms with Crippen LogP contribution in [0.5, 0.6) is 0 Å². The van der Waals surface area contributed by atoms with Gasteiger partial charge in [-0.1, -0.05) is 48.0 Å². The number of carboxylic acid groups (broad SMARTS) is 1. The van der Waals surface area contributed by atoms with Crippen LogP contribution in [0.2, 0.25) is 5.02 Å². The van der Waals surface area contributed by atoms with Gasteiger partial charge in [-0.05, 0) is 64.5 Å². The van der Waals surface area contributed by atoms with Gasteiger partial charge in [-0.3, -0.25) is 4.79 Å². The molecule has 1 aliphatic carbocycles. The molecule has 2 atom stereocenters. The summed E-state index contributed by atoms with van der Waals surface area (Å²) in [5.41, 5.74) is 3.14. The molecule has 1 heterocycles. The van der Waals surface area contributed by atoms with Gasteiger partial charge in [0.1, 0.15) is 11.9 Å². The van der Waals surface area contributed by atoms with Crippen molar-refractivity contribution in [3.05, 3.63) is 106 Å². The molecule has 0 saturated carbocycles. The monoisotopic (exact) mass is 567 g/mol. The van der Waals surface area contributed by atoms with Crippen molar-refractivity contribution in [3.8, 4) is 0 Å². The molecule has 1 unspecified atom stereocenters. The summed E-state index contributed by atoms with van der Waals surface area (Å²) in [5.74, 6) is -2.27. The van der Waals surface area contributed by atoms with Crippen molar-refractivity contribution in [2.45, 2.75) is 29.8 Å². The molecule has 0 radical (unpaired) electrons. The molecule has 0 spiro atoms. The highest BCUT2D eigenvalue weighted by molar-refractivity contribution is 7.89. The number of aliphatic carboxylic acids is 1. The topological polar surface area (TPSA) is 128 Å². The zero-order valence-electron chi connectivity index (χ0n) is 20.3. The second-order valence-corrected chi connectivity index (χ2v) is 11.3. The molecule has 0 aliphatic heterocycles. The van der Waals surface area contributed by atoms with Crippen LogP contribution in [0.4, 0.5) is 4.39 Å². The van der Waals surface area contributed by atoms with E-state index < -0.39 is 39.8 Å². The number of hydrogen-bond donors (Lipinski definition) is 4. The third kappa shape index (κ3) is 5.73. The number of sulfonamides is 1. The Kier molecular flexibility index (Phi) is 7.26. The first kappa shape index (κ1) is 26.6. The summed E-state index contributed by atoms with van der Waals surface area (Å²) in [6.07, 6.45) is 3.14. The number of aromatic amines is 1. The minimum atomic E-state index is -3.96. The molecule has 4 N–H and O–H groups in total. The number of aromatic nitrogens is 1. The van der Waals surface area contributed by atoms with Crippen LogP contribution < -0.4 is 10.0 Å². The fraction of sp³-hybridized carbons (Fsp3) is 0.143. The highest BCUT2D eigenvalue weighted by Gasteiger charge is 2.28. The molecule has 5 rings (SSSR count). The van der Waals surface area contributed by atoms with Crippen molar-refractivity contribution < 1.29 is 27.5 Å². The second-order valence-electron chi connectivity index (χ2n) is 9.16. The number of carbonyl (C=O) groups is 2. The maximum atomic E-state index is 13.2. The van der Waals surface area contributed by atoms with Gasteiger partial charge in [-0.2, -0.15) is 4.72 Å². The molecule has 200 valence electrons. The van der Waals surface area contributed by atoms with E-state index in [9.17, 15) is 27.5 Å². The van der Waals surface area contributed by atoms with Crippen LogP contribution in [-0.4, -0.2) is 36.4 Å². The minimum absolute atomic E-state index is 0.0591. The minimum Gasteiger partial charge on any atom is -0.480 e. The quantitative estimate of drug-likeness (QED) is 0.239. The molecule has 0 fully saturated rings. The summed E-state index contributed by atoms with van der Waals surface area (Å²) in [4.78, 5) is 28.0. The Labute approximate surface area is 228 Å². The number of amides is 1. The van der Waals surface area contributed by atoms with Crippen LogP contribution in [0.15, 0.2) is 77.7 Å². The molecule has 0 saturated heterocycles. The summed E-state index contributed by atoms with van der Waals surface area (Å²) < 4.78 is 41.4. The van der Waals surface area contributed by atoms with Crippen LogP contribution in [-0.2, 0) is 32.5 Å². The number of nitrogens with one attached hydrogen (secondary N) is 3. The maximum Gasteiger partial charge on any atom is 0.326 e. The van der Waals surface area contributed by atoms with E-state index in [1.165, 1.54) is 12.1 Å². The fourth-order valence-electron chi connectivity index (χ4n) is 4.62. The predicted octanol–water partition coefficient (Wildman–Crippen LogP) is 4.36. The number of hydrogen-bond acceptors (Lipinski definition) is 4. The van der Waals surface area contributed by atoms with E-state index in [4.69, 9.17) is 11.6 Å². The number of carboxylic acids is 1. The first-order valence-corrected chi connectivity index (χ1v) is 13.8. The third-order valence-corrected chi connectivity index (χ3v) is 8.32. The Morgan fingerprint density at radius 3 is 2.54 bits per heavy atom. The van der Waals surface area contributed by atoms with Gasteiger partial charge < -0.3 is 15.4 Å². The Morgan fingerprint density at radius 1 is 1.08 bits per heavy atom. The van der Waals surface area contributed by atoms with Crippen LogP contribution in [0.3, 0.4) is 0 Å². The SMILES string of the molecule is O=C(Cc1c(Cl)ccc2c1C=CC2NS(=O)(=O)c1ccc(F)cc1)N[C@H](Cc1cc2ccccc2[nH]1)C(=O)O. The average Bonchev–Trinajstić information content (AvgIpc) is 3.48. The summed E-state index contributed by atoms with van der Waals surface area (Å²) in [6, 6.07) is 15.2. The normalized spacial score (nSPS) is 15.3. The first-order valence-electron chi connectivity index (χ1n) is 12.0. The Balaban J connectivity index is 1.31. The number of H-pyrrole nitrogens is 1. The number of carbonyl (C=O) groups excluding carboxylic acids is 1. The average molecular weight is 568 g/mol. The van der Waals surface area contributed by atoms with E-state index in [1.54, 1.807) is 24.3 Å². The summed E-state index contributed by atoms with van der Waals surface area (Å²) in [7, 11) is -3.96. The van der Waals surface area contributed by atoms with Gasteiger partial charge in [0.25, 0.3) is 0 Å². The predicted molar refractivity (Wildman–Crippen MR) is 145 cm³/mol. The molecule has 1 amide bonds.